The fraction of sp³-hybridized carbons (Fsp3) is 0.538. The molecule has 1 fully saturated rings. The number of para-hydroxylation sites is 1. The van der Waals surface area contributed by atoms with Gasteiger partial charge < -0.3 is 10.1 Å². The third-order valence-electron chi connectivity index (χ3n) is 3.76. The molecule has 0 amide bonds. The zero-order chi connectivity index (χ0) is 10.3. The van der Waals surface area contributed by atoms with E-state index in [0.717, 1.165) is 24.8 Å². The summed E-state index contributed by atoms with van der Waals surface area (Å²) in [6.45, 7) is 4.12. The molecule has 0 aromatic heterocycles. The van der Waals surface area contributed by atoms with Crippen molar-refractivity contribution < 1.29 is 4.74 Å². The van der Waals surface area contributed by atoms with Gasteiger partial charge in [-0.25, -0.2) is 0 Å². The van der Waals surface area contributed by atoms with Crippen LogP contribution < -0.4 is 10.1 Å². The van der Waals surface area contributed by atoms with Gasteiger partial charge in [-0.15, -0.1) is 0 Å². The maximum Gasteiger partial charge on any atom is 0.122 e. The Hall–Kier alpha value is -1.02. The Morgan fingerprint density at radius 1 is 1.40 bits per heavy atom. The normalized spacial score (nSPS) is 32.2. The van der Waals surface area contributed by atoms with Crippen LogP contribution >= 0.6 is 0 Å². The van der Waals surface area contributed by atoms with Crippen molar-refractivity contribution in [2.45, 2.75) is 25.3 Å². The lowest BCUT2D eigenvalue weighted by molar-refractivity contribution is 0.0770. The molecule has 3 rings (SSSR count). The first-order valence-electron chi connectivity index (χ1n) is 5.85. The minimum absolute atomic E-state index is 0.674. The van der Waals surface area contributed by atoms with Crippen LogP contribution in [0.25, 0.3) is 0 Å². The molecule has 1 N–H and O–H groups in total. The second-order valence-electron chi connectivity index (χ2n) is 4.52. The van der Waals surface area contributed by atoms with E-state index in [1.54, 1.807) is 0 Å². The Morgan fingerprint density at radius 2 is 2.27 bits per heavy atom. The summed E-state index contributed by atoms with van der Waals surface area (Å²) in [7, 11) is 0. The van der Waals surface area contributed by atoms with Gasteiger partial charge in [-0.1, -0.05) is 25.1 Å². The zero-order valence-electron chi connectivity index (χ0n) is 9.07. The second kappa shape index (κ2) is 3.53. The van der Waals surface area contributed by atoms with Crippen molar-refractivity contribution >= 4 is 0 Å². The highest BCUT2D eigenvalue weighted by atomic mass is 16.5. The first-order chi connectivity index (χ1) is 7.40. The van der Waals surface area contributed by atoms with Gasteiger partial charge >= 0.3 is 0 Å². The molecule has 80 valence electrons. The summed E-state index contributed by atoms with van der Waals surface area (Å²) in [4.78, 5) is 0. The molecule has 1 aromatic carbocycles. The van der Waals surface area contributed by atoms with Gasteiger partial charge in [0.1, 0.15) is 5.75 Å². The number of hydrogen-bond acceptors (Lipinski definition) is 2. The lowest BCUT2D eigenvalue weighted by Crippen LogP contribution is -2.53. The Morgan fingerprint density at radius 3 is 3.13 bits per heavy atom. The molecule has 2 heteroatoms. The van der Waals surface area contributed by atoms with Crippen LogP contribution in [0.5, 0.6) is 5.75 Å². The first-order valence-corrected chi connectivity index (χ1v) is 5.85. The number of rotatable bonds is 2. The molecule has 2 aliphatic rings. The lowest BCUT2D eigenvalue weighted by atomic mass is 9.65. The standard InChI is InChI=1S/C13H17NO/c1-2-14-12-7-10-9-5-3-4-6-13(9)15-8-11(10)12/h3-6,10-12,14H,2,7-8H2,1H3. The van der Waals surface area contributed by atoms with Crippen molar-refractivity contribution in [3.05, 3.63) is 29.8 Å². The number of nitrogens with one attached hydrogen (secondary N) is 1. The maximum atomic E-state index is 5.79. The molecule has 1 aliphatic carbocycles. The van der Waals surface area contributed by atoms with Crippen LogP contribution in [-0.2, 0) is 0 Å². The highest BCUT2D eigenvalue weighted by molar-refractivity contribution is 5.40. The number of hydrogen-bond donors (Lipinski definition) is 1. The molecule has 15 heavy (non-hydrogen) atoms. The van der Waals surface area contributed by atoms with Crippen LogP contribution in [0, 0.1) is 5.92 Å². The van der Waals surface area contributed by atoms with E-state index in [1.165, 1.54) is 12.0 Å². The van der Waals surface area contributed by atoms with Crippen LogP contribution in [0.4, 0.5) is 0 Å². The predicted molar refractivity (Wildman–Crippen MR) is 60.2 cm³/mol. The molecule has 0 bridgehead atoms. The average Bonchev–Trinajstić information content (AvgIpc) is 2.25. The highest BCUT2D eigenvalue weighted by Crippen LogP contribution is 2.48. The molecular weight excluding hydrogens is 186 g/mol. The Kier molecular flexibility index (Phi) is 2.17. The van der Waals surface area contributed by atoms with E-state index >= 15 is 0 Å². The van der Waals surface area contributed by atoms with Gasteiger partial charge in [0.2, 0.25) is 0 Å². The Labute approximate surface area is 90.6 Å². The van der Waals surface area contributed by atoms with E-state index in [-0.39, 0.29) is 0 Å². The molecule has 0 saturated heterocycles. The van der Waals surface area contributed by atoms with Crippen LogP contribution in [0.2, 0.25) is 0 Å². The van der Waals surface area contributed by atoms with Gasteiger partial charge in [0.25, 0.3) is 0 Å². The van der Waals surface area contributed by atoms with Gasteiger partial charge in [-0.05, 0) is 30.5 Å². The molecule has 3 unspecified atom stereocenters. The van der Waals surface area contributed by atoms with E-state index < -0.39 is 0 Å². The van der Waals surface area contributed by atoms with Crippen LogP contribution in [0.15, 0.2) is 24.3 Å². The monoisotopic (exact) mass is 203 g/mol. The number of benzene rings is 1. The summed E-state index contributed by atoms with van der Waals surface area (Å²) in [5.74, 6) is 2.53. The topological polar surface area (TPSA) is 21.3 Å². The molecule has 0 radical (unpaired) electrons. The molecular formula is C13H17NO. The Bertz CT molecular complexity index is 363. The summed E-state index contributed by atoms with van der Waals surface area (Å²) in [5.41, 5.74) is 1.42. The predicted octanol–water partition coefficient (Wildman–Crippen LogP) is 2.16. The van der Waals surface area contributed by atoms with Crippen LogP contribution in [-0.4, -0.2) is 19.2 Å². The van der Waals surface area contributed by atoms with Gasteiger partial charge in [0.15, 0.2) is 0 Å². The molecule has 1 saturated carbocycles. The number of ether oxygens (including phenoxy) is 1. The van der Waals surface area contributed by atoms with Crippen molar-refractivity contribution in [1.82, 2.24) is 5.32 Å². The van der Waals surface area contributed by atoms with Crippen molar-refractivity contribution in [1.29, 1.82) is 0 Å². The lowest BCUT2D eigenvalue weighted by Gasteiger charge is -2.48. The Balaban J connectivity index is 1.82. The second-order valence-corrected chi connectivity index (χ2v) is 4.52. The first kappa shape index (κ1) is 9.22. The summed E-state index contributed by atoms with van der Waals surface area (Å²) >= 11 is 0. The van der Waals surface area contributed by atoms with Gasteiger partial charge in [0, 0.05) is 12.0 Å². The van der Waals surface area contributed by atoms with Crippen molar-refractivity contribution in [2.75, 3.05) is 13.2 Å². The molecule has 1 heterocycles. The molecule has 3 atom stereocenters. The quantitative estimate of drug-likeness (QED) is 0.795. The van der Waals surface area contributed by atoms with Crippen molar-refractivity contribution in [2.24, 2.45) is 5.92 Å². The fourth-order valence-corrected chi connectivity index (χ4v) is 2.90. The van der Waals surface area contributed by atoms with Gasteiger partial charge in [-0.2, -0.15) is 0 Å². The van der Waals surface area contributed by atoms with E-state index in [1.807, 2.05) is 0 Å². The minimum atomic E-state index is 0.674. The summed E-state index contributed by atoms with van der Waals surface area (Å²) < 4.78 is 5.79. The zero-order valence-corrected chi connectivity index (χ0v) is 9.07. The fourth-order valence-electron chi connectivity index (χ4n) is 2.90. The van der Waals surface area contributed by atoms with E-state index in [9.17, 15) is 0 Å². The van der Waals surface area contributed by atoms with Crippen molar-refractivity contribution in [3.63, 3.8) is 0 Å². The molecule has 2 nitrogen and oxygen atoms in total. The highest BCUT2D eigenvalue weighted by Gasteiger charge is 2.45. The van der Waals surface area contributed by atoms with Crippen molar-refractivity contribution in [3.8, 4) is 5.75 Å². The minimum Gasteiger partial charge on any atom is -0.493 e. The summed E-state index contributed by atoms with van der Waals surface area (Å²) in [6, 6.07) is 9.15. The van der Waals surface area contributed by atoms with Crippen LogP contribution in [0.1, 0.15) is 24.8 Å². The molecule has 0 spiro atoms. The third kappa shape index (κ3) is 1.36. The van der Waals surface area contributed by atoms with E-state index in [4.69, 9.17) is 4.74 Å². The largest absolute Gasteiger partial charge is 0.493 e. The van der Waals surface area contributed by atoms with E-state index in [2.05, 4.69) is 36.5 Å². The van der Waals surface area contributed by atoms with Crippen LogP contribution in [0.3, 0.4) is 0 Å². The van der Waals surface area contributed by atoms with Gasteiger partial charge in [-0.3, -0.25) is 0 Å². The smallest absolute Gasteiger partial charge is 0.122 e. The average molecular weight is 203 g/mol. The van der Waals surface area contributed by atoms with Gasteiger partial charge in [0.05, 0.1) is 6.61 Å². The summed E-state index contributed by atoms with van der Waals surface area (Å²) in [5, 5.41) is 3.53. The number of fused-ring (bicyclic) bond motifs is 3. The molecule has 1 aromatic rings. The summed E-state index contributed by atoms with van der Waals surface area (Å²) in [6.07, 6.45) is 1.28. The maximum absolute atomic E-state index is 5.79. The van der Waals surface area contributed by atoms with E-state index in [0.29, 0.717) is 12.0 Å². The third-order valence-corrected chi connectivity index (χ3v) is 3.76. The SMILES string of the molecule is CCNC1CC2c3ccccc3OCC12. The molecule has 1 aliphatic heterocycles.